The lowest BCUT2D eigenvalue weighted by atomic mass is 10.0. The quantitative estimate of drug-likeness (QED) is 0.667. The van der Waals surface area contributed by atoms with E-state index in [-0.39, 0.29) is 24.5 Å². The highest BCUT2D eigenvalue weighted by Crippen LogP contribution is 2.30. The Balaban J connectivity index is 1.64. The van der Waals surface area contributed by atoms with E-state index in [0.717, 1.165) is 10.2 Å². The number of benzene rings is 1. The molecule has 2 aliphatic heterocycles. The summed E-state index contributed by atoms with van der Waals surface area (Å²) >= 11 is 3.38. The van der Waals surface area contributed by atoms with Crippen LogP contribution in [0.15, 0.2) is 48.1 Å². The Kier molecular flexibility index (Phi) is 6.49. The van der Waals surface area contributed by atoms with Gasteiger partial charge in [-0.15, -0.1) is 0 Å². The maximum atomic E-state index is 13.0. The highest BCUT2D eigenvalue weighted by Gasteiger charge is 2.44. The van der Waals surface area contributed by atoms with Crippen LogP contribution in [0.3, 0.4) is 0 Å². The van der Waals surface area contributed by atoms with Crippen molar-refractivity contribution >= 4 is 32.6 Å². The van der Waals surface area contributed by atoms with Gasteiger partial charge in [-0.1, -0.05) is 48.1 Å². The van der Waals surface area contributed by atoms with Crippen molar-refractivity contribution in [1.29, 1.82) is 0 Å². The van der Waals surface area contributed by atoms with Crippen LogP contribution < -0.4 is 5.32 Å². The molecule has 0 radical (unpaired) electrons. The Bertz CT molecular complexity index is 725. The van der Waals surface area contributed by atoms with Crippen LogP contribution in [0.2, 0.25) is 0 Å². The molecule has 1 saturated heterocycles. The number of aryl methyl sites for hydroxylation is 1. The van der Waals surface area contributed by atoms with E-state index in [1.165, 1.54) is 6.08 Å². The van der Waals surface area contributed by atoms with E-state index < -0.39 is 12.1 Å². The molecule has 7 nitrogen and oxygen atoms in total. The molecule has 1 fully saturated rings. The van der Waals surface area contributed by atoms with Crippen molar-refractivity contribution in [1.82, 2.24) is 10.2 Å². The van der Waals surface area contributed by atoms with Gasteiger partial charge in [-0.3, -0.25) is 4.79 Å². The average Bonchev–Trinajstić information content (AvgIpc) is 3.26. The summed E-state index contributed by atoms with van der Waals surface area (Å²) in [5, 5.41) is 6.61. The molecule has 2 heterocycles. The number of oxime groups is 1. The molecule has 0 aromatic heterocycles. The highest BCUT2D eigenvalue weighted by molar-refractivity contribution is 9.18. The van der Waals surface area contributed by atoms with Crippen molar-refractivity contribution in [2.75, 3.05) is 19.7 Å². The molecule has 0 bridgehead atoms. The summed E-state index contributed by atoms with van der Waals surface area (Å²) in [4.78, 5) is 32.1. The standard InChI is InChI=1S/C19H22BrN3O4/c1-2-10-26-19(25)21-15(9-8-13-6-4-3-5-7-13)18(24)23-11-14-16(12-23)27-22-17(14)20/h2-7,14-16H,1,8-12H2,(H,21,25)/t14-,15+,16+/m1/s1. The van der Waals surface area contributed by atoms with Crippen molar-refractivity contribution in [2.45, 2.75) is 25.0 Å². The summed E-state index contributed by atoms with van der Waals surface area (Å²) in [5.41, 5.74) is 1.10. The van der Waals surface area contributed by atoms with Crippen molar-refractivity contribution in [3.05, 3.63) is 48.6 Å². The van der Waals surface area contributed by atoms with Gasteiger partial charge in [0.1, 0.15) is 17.3 Å². The van der Waals surface area contributed by atoms with Crippen LogP contribution >= 0.6 is 15.9 Å². The number of amides is 2. The number of carbonyl (C=O) groups is 2. The van der Waals surface area contributed by atoms with Gasteiger partial charge in [0.15, 0.2) is 6.10 Å². The lowest BCUT2D eigenvalue weighted by Gasteiger charge is -2.24. The molecule has 3 rings (SSSR count). The number of halogens is 1. The highest BCUT2D eigenvalue weighted by atomic mass is 79.9. The first-order valence-corrected chi connectivity index (χ1v) is 9.64. The maximum absolute atomic E-state index is 13.0. The number of nitrogens with zero attached hydrogens (tertiary/aromatic N) is 2. The molecule has 0 saturated carbocycles. The smallest absolute Gasteiger partial charge is 0.408 e. The van der Waals surface area contributed by atoms with E-state index in [1.54, 1.807) is 4.90 Å². The number of ether oxygens (including phenoxy) is 1. The number of likely N-dealkylation sites (tertiary alicyclic amines) is 1. The molecule has 3 atom stereocenters. The molecule has 1 aromatic rings. The van der Waals surface area contributed by atoms with Crippen molar-refractivity contribution in [3.8, 4) is 0 Å². The lowest BCUT2D eigenvalue weighted by molar-refractivity contribution is -0.133. The molecule has 0 unspecified atom stereocenters. The van der Waals surface area contributed by atoms with Crippen LogP contribution in [-0.4, -0.2) is 53.4 Å². The third-order valence-corrected chi connectivity index (χ3v) is 5.38. The van der Waals surface area contributed by atoms with Crippen LogP contribution in [0.4, 0.5) is 4.79 Å². The normalized spacial score (nSPS) is 21.7. The van der Waals surface area contributed by atoms with Gasteiger partial charge in [0.05, 0.1) is 12.5 Å². The third-order valence-electron chi connectivity index (χ3n) is 4.65. The SMILES string of the molecule is C=CCOC(=O)N[C@@H](CCc1ccccc1)C(=O)N1C[C@@H]2ON=C(Br)[C@@H]2C1. The van der Waals surface area contributed by atoms with Gasteiger partial charge in [-0.2, -0.15) is 0 Å². The minimum absolute atomic E-state index is 0.0523. The Morgan fingerprint density at radius 3 is 2.89 bits per heavy atom. The molecule has 2 aliphatic rings. The summed E-state index contributed by atoms with van der Waals surface area (Å²) < 4.78 is 5.71. The van der Waals surface area contributed by atoms with Gasteiger partial charge in [0, 0.05) is 6.54 Å². The summed E-state index contributed by atoms with van der Waals surface area (Å²) in [6.45, 7) is 4.57. The van der Waals surface area contributed by atoms with E-state index in [2.05, 4.69) is 33.0 Å². The molecule has 144 valence electrons. The van der Waals surface area contributed by atoms with E-state index in [0.29, 0.717) is 25.9 Å². The monoisotopic (exact) mass is 435 g/mol. The zero-order valence-corrected chi connectivity index (χ0v) is 16.4. The minimum Gasteiger partial charge on any atom is -0.445 e. The van der Waals surface area contributed by atoms with Crippen LogP contribution in [0.25, 0.3) is 0 Å². The zero-order chi connectivity index (χ0) is 19.2. The molecule has 0 spiro atoms. The Labute approximate surface area is 166 Å². The van der Waals surface area contributed by atoms with E-state index in [9.17, 15) is 9.59 Å². The second kappa shape index (κ2) is 9.03. The zero-order valence-electron chi connectivity index (χ0n) is 14.8. The molecular weight excluding hydrogens is 414 g/mol. The predicted molar refractivity (Wildman–Crippen MR) is 105 cm³/mol. The van der Waals surface area contributed by atoms with E-state index >= 15 is 0 Å². The third kappa shape index (κ3) is 4.88. The number of alkyl carbamates (subject to hydrolysis) is 1. The first-order valence-electron chi connectivity index (χ1n) is 8.84. The van der Waals surface area contributed by atoms with Gasteiger partial charge in [0.2, 0.25) is 5.91 Å². The number of carbonyl (C=O) groups excluding carboxylic acids is 2. The minimum atomic E-state index is -0.669. The number of hydrogen-bond acceptors (Lipinski definition) is 5. The number of rotatable bonds is 7. The van der Waals surface area contributed by atoms with E-state index in [1.807, 2.05) is 30.3 Å². The van der Waals surface area contributed by atoms with Gasteiger partial charge in [0.25, 0.3) is 0 Å². The fraction of sp³-hybridized carbons (Fsp3) is 0.421. The molecule has 8 heteroatoms. The number of hydrogen-bond donors (Lipinski definition) is 1. The molecule has 27 heavy (non-hydrogen) atoms. The number of nitrogens with one attached hydrogen (secondary N) is 1. The first kappa shape index (κ1) is 19.4. The summed E-state index contributed by atoms with van der Waals surface area (Å²) in [6.07, 6.45) is 1.87. The molecular formula is C19H22BrN3O4. The Morgan fingerprint density at radius 2 is 2.19 bits per heavy atom. The van der Waals surface area contributed by atoms with Gasteiger partial charge in [-0.05, 0) is 34.3 Å². The van der Waals surface area contributed by atoms with Crippen molar-refractivity contribution < 1.29 is 19.2 Å². The van der Waals surface area contributed by atoms with Gasteiger partial charge >= 0.3 is 6.09 Å². The summed E-state index contributed by atoms with van der Waals surface area (Å²) in [6, 6.07) is 9.18. The lowest BCUT2D eigenvalue weighted by Crippen LogP contribution is -2.48. The molecule has 1 aromatic carbocycles. The summed E-state index contributed by atoms with van der Waals surface area (Å²) in [7, 11) is 0. The van der Waals surface area contributed by atoms with Crippen LogP contribution in [0.5, 0.6) is 0 Å². The number of fused-ring (bicyclic) bond motifs is 1. The first-order chi connectivity index (χ1) is 13.1. The second-order valence-electron chi connectivity index (χ2n) is 6.52. The fourth-order valence-corrected chi connectivity index (χ4v) is 3.75. The Hall–Kier alpha value is -2.35. The largest absolute Gasteiger partial charge is 0.445 e. The second-order valence-corrected chi connectivity index (χ2v) is 7.33. The Morgan fingerprint density at radius 1 is 1.41 bits per heavy atom. The fourth-order valence-electron chi connectivity index (χ4n) is 3.23. The van der Waals surface area contributed by atoms with Gasteiger partial charge in [-0.25, -0.2) is 4.79 Å². The molecule has 1 N–H and O–H groups in total. The van der Waals surface area contributed by atoms with Crippen LogP contribution in [0.1, 0.15) is 12.0 Å². The summed E-state index contributed by atoms with van der Waals surface area (Å²) in [5.74, 6) is -0.0868. The molecule has 0 aliphatic carbocycles. The maximum Gasteiger partial charge on any atom is 0.408 e. The van der Waals surface area contributed by atoms with Crippen LogP contribution in [0, 0.1) is 5.92 Å². The molecule has 2 amide bonds. The van der Waals surface area contributed by atoms with Crippen molar-refractivity contribution in [2.24, 2.45) is 11.1 Å². The van der Waals surface area contributed by atoms with Crippen LogP contribution in [-0.2, 0) is 20.8 Å². The topological polar surface area (TPSA) is 80.2 Å². The average molecular weight is 436 g/mol. The predicted octanol–water partition coefficient (Wildman–Crippen LogP) is 2.47. The van der Waals surface area contributed by atoms with Crippen molar-refractivity contribution in [3.63, 3.8) is 0 Å². The van der Waals surface area contributed by atoms with Gasteiger partial charge < -0.3 is 19.8 Å². The van der Waals surface area contributed by atoms with E-state index in [4.69, 9.17) is 9.57 Å².